The maximum absolute atomic E-state index is 13.3. The molecule has 5 heteroatoms. The van der Waals surface area contributed by atoms with E-state index in [0.29, 0.717) is 29.4 Å². The van der Waals surface area contributed by atoms with E-state index in [1.807, 2.05) is 12.1 Å². The molecule has 0 aliphatic carbocycles. The Balaban J connectivity index is 1.86. The van der Waals surface area contributed by atoms with Gasteiger partial charge in [-0.05, 0) is 42.5 Å². The first-order chi connectivity index (χ1) is 9.72. The lowest BCUT2D eigenvalue weighted by Gasteiger charge is -2.19. The van der Waals surface area contributed by atoms with Gasteiger partial charge < -0.3 is 4.74 Å². The summed E-state index contributed by atoms with van der Waals surface area (Å²) < 4.78 is 18.8. The zero-order valence-corrected chi connectivity index (χ0v) is 11.3. The molecule has 1 aliphatic heterocycles. The Morgan fingerprint density at radius 2 is 1.95 bits per heavy atom. The van der Waals surface area contributed by atoms with Crippen molar-refractivity contribution in [2.24, 2.45) is 5.10 Å². The van der Waals surface area contributed by atoms with Crippen LogP contribution in [0, 0.1) is 5.82 Å². The van der Waals surface area contributed by atoms with Crippen molar-refractivity contribution < 1.29 is 9.13 Å². The van der Waals surface area contributed by atoms with Gasteiger partial charge in [-0.2, -0.15) is 5.10 Å². The minimum atomic E-state index is -0.298. The topological polar surface area (TPSA) is 33.6 Å². The van der Waals surface area contributed by atoms with E-state index < -0.39 is 0 Å². The fraction of sp³-hybridized carbons (Fsp3) is 0.133. The van der Waals surface area contributed by atoms with E-state index in [9.17, 15) is 4.39 Å². The first-order valence-corrected chi connectivity index (χ1v) is 6.61. The molecule has 1 N–H and O–H groups in total. The Kier molecular flexibility index (Phi) is 3.56. The van der Waals surface area contributed by atoms with Gasteiger partial charge in [0.25, 0.3) is 0 Å². The maximum Gasteiger partial charge on any atom is 0.128 e. The van der Waals surface area contributed by atoms with Gasteiger partial charge in [-0.15, -0.1) is 0 Å². The molecule has 1 heterocycles. The van der Waals surface area contributed by atoms with Crippen LogP contribution in [0.1, 0.15) is 12.0 Å². The largest absolute Gasteiger partial charge is 0.492 e. The van der Waals surface area contributed by atoms with Crippen molar-refractivity contribution in [1.82, 2.24) is 0 Å². The normalized spacial score (nSPS) is 15.6. The van der Waals surface area contributed by atoms with E-state index >= 15 is 0 Å². The van der Waals surface area contributed by atoms with Crippen molar-refractivity contribution in [2.75, 3.05) is 12.0 Å². The Hall–Kier alpha value is -2.07. The fourth-order valence-corrected chi connectivity index (χ4v) is 2.14. The molecule has 20 heavy (non-hydrogen) atoms. The van der Waals surface area contributed by atoms with Crippen LogP contribution < -0.4 is 10.2 Å². The van der Waals surface area contributed by atoms with Crippen LogP contribution in [0.15, 0.2) is 47.6 Å². The molecular formula is C15H12ClFN2O. The summed E-state index contributed by atoms with van der Waals surface area (Å²) >= 11 is 5.82. The Labute approximate surface area is 121 Å². The van der Waals surface area contributed by atoms with E-state index in [-0.39, 0.29) is 5.82 Å². The van der Waals surface area contributed by atoms with E-state index in [0.717, 1.165) is 11.4 Å². The molecule has 0 atom stereocenters. The molecule has 0 aromatic heterocycles. The molecule has 2 aromatic rings. The van der Waals surface area contributed by atoms with Gasteiger partial charge in [0.15, 0.2) is 0 Å². The molecule has 3 nitrogen and oxygen atoms in total. The Morgan fingerprint density at radius 1 is 1.15 bits per heavy atom. The van der Waals surface area contributed by atoms with Gasteiger partial charge in [0.1, 0.15) is 11.6 Å². The Bertz CT molecular complexity index is 655. The van der Waals surface area contributed by atoms with Crippen molar-refractivity contribution >= 4 is 23.0 Å². The van der Waals surface area contributed by atoms with Gasteiger partial charge in [-0.3, -0.25) is 5.43 Å². The van der Waals surface area contributed by atoms with Crippen molar-refractivity contribution in [3.63, 3.8) is 0 Å². The number of hydrogen-bond donors (Lipinski definition) is 1. The molecule has 0 amide bonds. The minimum absolute atomic E-state index is 0.298. The standard InChI is InChI=1S/C15H12ClFN2O/c16-10-1-4-12(5-2-10)18-19-14-7-8-20-15-6-3-11(17)9-13(14)15/h1-6,9,18H,7-8H2/b19-14+. The predicted molar refractivity (Wildman–Crippen MR) is 78.1 cm³/mol. The van der Waals surface area contributed by atoms with Crippen LogP contribution in [0.3, 0.4) is 0 Å². The summed E-state index contributed by atoms with van der Waals surface area (Å²) in [6.07, 6.45) is 0.636. The number of rotatable bonds is 2. The van der Waals surface area contributed by atoms with Crippen molar-refractivity contribution in [3.05, 3.63) is 58.9 Å². The van der Waals surface area contributed by atoms with Gasteiger partial charge >= 0.3 is 0 Å². The molecule has 0 unspecified atom stereocenters. The summed E-state index contributed by atoms with van der Waals surface area (Å²) in [5, 5.41) is 5.01. The average molecular weight is 291 g/mol. The zero-order chi connectivity index (χ0) is 13.9. The van der Waals surface area contributed by atoms with Crippen LogP contribution in [0.25, 0.3) is 0 Å². The van der Waals surface area contributed by atoms with Gasteiger partial charge in [0.2, 0.25) is 0 Å². The SMILES string of the molecule is Fc1ccc2c(c1)/C(=N/Nc1ccc(Cl)cc1)CCO2. The number of hydrazone groups is 1. The summed E-state index contributed by atoms with van der Waals surface area (Å²) in [4.78, 5) is 0. The smallest absolute Gasteiger partial charge is 0.128 e. The van der Waals surface area contributed by atoms with Crippen LogP contribution in [0.2, 0.25) is 5.02 Å². The highest BCUT2D eigenvalue weighted by Crippen LogP contribution is 2.26. The van der Waals surface area contributed by atoms with Crippen LogP contribution in [0.4, 0.5) is 10.1 Å². The molecule has 0 saturated heterocycles. The molecule has 0 saturated carbocycles. The zero-order valence-electron chi connectivity index (χ0n) is 10.6. The number of nitrogens with zero attached hydrogens (tertiary/aromatic N) is 1. The number of anilines is 1. The van der Waals surface area contributed by atoms with E-state index in [1.54, 1.807) is 18.2 Å². The first kappa shape index (κ1) is 12.9. The molecule has 2 aromatic carbocycles. The van der Waals surface area contributed by atoms with Crippen molar-refractivity contribution in [2.45, 2.75) is 6.42 Å². The third-order valence-electron chi connectivity index (χ3n) is 3.01. The number of halogens is 2. The van der Waals surface area contributed by atoms with Gasteiger partial charge in [0.05, 0.1) is 18.0 Å². The number of ether oxygens (including phenoxy) is 1. The lowest BCUT2D eigenvalue weighted by molar-refractivity contribution is 0.320. The van der Waals surface area contributed by atoms with Crippen molar-refractivity contribution in [3.8, 4) is 5.75 Å². The van der Waals surface area contributed by atoms with Gasteiger partial charge in [0, 0.05) is 17.0 Å². The monoisotopic (exact) mass is 290 g/mol. The number of benzene rings is 2. The predicted octanol–water partition coefficient (Wildman–Crippen LogP) is 4.08. The molecule has 102 valence electrons. The second-order valence-corrected chi connectivity index (χ2v) is 4.85. The van der Waals surface area contributed by atoms with E-state index in [4.69, 9.17) is 16.3 Å². The molecule has 0 bridgehead atoms. The number of fused-ring (bicyclic) bond motifs is 1. The molecule has 1 aliphatic rings. The number of nitrogens with one attached hydrogen (secondary N) is 1. The van der Waals surface area contributed by atoms with Gasteiger partial charge in [-0.25, -0.2) is 4.39 Å². The van der Waals surface area contributed by atoms with E-state index in [2.05, 4.69) is 10.5 Å². The summed E-state index contributed by atoms with van der Waals surface area (Å²) in [5.74, 6) is 0.364. The maximum atomic E-state index is 13.3. The van der Waals surface area contributed by atoms with Gasteiger partial charge in [-0.1, -0.05) is 11.6 Å². The molecule has 0 spiro atoms. The minimum Gasteiger partial charge on any atom is -0.492 e. The van der Waals surface area contributed by atoms with Crippen LogP contribution in [-0.2, 0) is 0 Å². The summed E-state index contributed by atoms with van der Waals surface area (Å²) in [6.45, 7) is 0.541. The summed E-state index contributed by atoms with van der Waals surface area (Å²) in [7, 11) is 0. The van der Waals surface area contributed by atoms with Crippen LogP contribution in [0.5, 0.6) is 5.75 Å². The molecular weight excluding hydrogens is 279 g/mol. The second-order valence-electron chi connectivity index (χ2n) is 4.42. The fourth-order valence-electron chi connectivity index (χ4n) is 2.02. The average Bonchev–Trinajstić information content (AvgIpc) is 2.47. The number of hydrogen-bond acceptors (Lipinski definition) is 3. The summed E-state index contributed by atoms with van der Waals surface area (Å²) in [6, 6.07) is 11.7. The van der Waals surface area contributed by atoms with Crippen LogP contribution in [-0.4, -0.2) is 12.3 Å². The van der Waals surface area contributed by atoms with E-state index in [1.165, 1.54) is 12.1 Å². The van der Waals surface area contributed by atoms with Crippen LogP contribution >= 0.6 is 11.6 Å². The lowest BCUT2D eigenvalue weighted by Crippen LogP contribution is -2.17. The third-order valence-corrected chi connectivity index (χ3v) is 3.27. The molecule has 0 radical (unpaired) electrons. The highest BCUT2D eigenvalue weighted by Gasteiger charge is 2.17. The Morgan fingerprint density at radius 3 is 2.75 bits per heavy atom. The highest BCUT2D eigenvalue weighted by atomic mass is 35.5. The second kappa shape index (κ2) is 5.51. The molecule has 0 fully saturated rings. The summed E-state index contributed by atoms with van der Waals surface area (Å²) in [5.41, 5.74) is 5.25. The highest BCUT2D eigenvalue weighted by molar-refractivity contribution is 6.30. The lowest BCUT2D eigenvalue weighted by atomic mass is 10.0. The van der Waals surface area contributed by atoms with Crippen molar-refractivity contribution in [1.29, 1.82) is 0 Å². The molecule has 3 rings (SSSR count). The quantitative estimate of drug-likeness (QED) is 0.846. The third kappa shape index (κ3) is 2.75. The first-order valence-electron chi connectivity index (χ1n) is 6.23.